The van der Waals surface area contributed by atoms with Crippen LogP contribution < -0.4 is 0 Å². The molecule has 1 aliphatic carbocycles. The minimum Gasteiger partial charge on any atom is -0.257 e. The van der Waals surface area contributed by atoms with E-state index in [-0.39, 0.29) is 0 Å². The number of nitrogens with zero attached hydrogens (tertiary/aromatic N) is 2. The predicted molar refractivity (Wildman–Crippen MR) is 44.6 cm³/mol. The Hall–Kier alpha value is -0.500. The van der Waals surface area contributed by atoms with Crippen molar-refractivity contribution in [1.29, 1.82) is 0 Å². The van der Waals surface area contributed by atoms with Crippen molar-refractivity contribution in [2.45, 2.75) is 19.3 Å². The molecule has 3 heteroatoms. The zero-order valence-electron chi connectivity index (χ0n) is 6.55. The first-order valence-corrected chi connectivity index (χ1v) is 4.32. The highest BCUT2D eigenvalue weighted by Crippen LogP contribution is 2.32. The van der Waals surface area contributed by atoms with E-state index in [2.05, 4.69) is 5.10 Å². The van der Waals surface area contributed by atoms with Gasteiger partial charge in [-0.25, -0.2) is 0 Å². The van der Waals surface area contributed by atoms with E-state index in [0.29, 0.717) is 0 Å². The van der Waals surface area contributed by atoms with Crippen LogP contribution in [0.3, 0.4) is 0 Å². The second kappa shape index (κ2) is 2.52. The van der Waals surface area contributed by atoms with Crippen LogP contribution in [0.1, 0.15) is 18.5 Å². The van der Waals surface area contributed by atoms with Gasteiger partial charge in [0.05, 0.1) is 5.69 Å². The first-order chi connectivity index (χ1) is 5.25. The molecular formula is C8H11ClN2. The fourth-order valence-electron chi connectivity index (χ4n) is 1.22. The second-order valence-corrected chi connectivity index (χ2v) is 3.62. The molecule has 0 saturated heterocycles. The summed E-state index contributed by atoms with van der Waals surface area (Å²) in [5.74, 6) is 0.890. The van der Waals surface area contributed by atoms with Gasteiger partial charge in [0.2, 0.25) is 0 Å². The van der Waals surface area contributed by atoms with Gasteiger partial charge in [0.15, 0.2) is 0 Å². The van der Waals surface area contributed by atoms with Crippen LogP contribution >= 0.6 is 11.6 Å². The van der Waals surface area contributed by atoms with Crippen molar-refractivity contribution in [3.8, 4) is 0 Å². The Balaban J connectivity index is 2.11. The lowest BCUT2D eigenvalue weighted by atomic mass is 10.2. The van der Waals surface area contributed by atoms with Gasteiger partial charge in [-0.2, -0.15) is 5.10 Å². The van der Waals surface area contributed by atoms with Crippen LogP contribution in [0.2, 0.25) is 5.15 Å². The summed E-state index contributed by atoms with van der Waals surface area (Å²) in [5.41, 5.74) is 1.14. The van der Waals surface area contributed by atoms with Gasteiger partial charge < -0.3 is 0 Å². The molecule has 0 atom stereocenters. The molecule has 0 amide bonds. The molecule has 2 nitrogen and oxygen atoms in total. The molecule has 11 heavy (non-hydrogen) atoms. The summed E-state index contributed by atoms with van der Waals surface area (Å²) in [6.45, 7) is 0. The van der Waals surface area contributed by atoms with Gasteiger partial charge in [-0.3, -0.25) is 4.68 Å². The van der Waals surface area contributed by atoms with Gasteiger partial charge >= 0.3 is 0 Å². The molecule has 0 unspecified atom stereocenters. The highest BCUT2D eigenvalue weighted by atomic mass is 35.5. The minimum atomic E-state index is 0.737. The van der Waals surface area contributed by atoms with E-state index in [9.17, 15) is 0 Å². The molecule has 1 heterocycles. The number of aromatic nitrogens is 2. The predicted octanol–water partition coefficient (Wildman–Crippen LogP) is 2.03. The van der Waals surface area contributed by atoms with E-state index >= 15 is 0 Å². The lowest BCUT2D eigenvalue weighted by Crippen LogP contribution is -1.92. The largest absolute Gasteiger partial charge is 0.257 e. The maximum absolute atomic E-state index is 5.83. The highest BCUT2D eigenvalue weighted by Gasteiger charge is 2.22. The van der Waals surface area contributed by atoms with Crippen molar-refractivity contribution in [2.24, 2.45) is 13.0 Å². The fraction of sp³-hybridized carbons (Fsp3) is 0.625. The summed E-state index contributed by atoms with van der Waals surface area (Å²) in [5, 5.41) is 5.01. The van der Waals surface area contributed by atoms with Crippen LogP contribution in [0.25, 0.3) is 0 Å². The van der Waals surface area contributed by atoms with Crippen LogP contribution in [0.15, 0.2) is 6.07 Å². The molecule has 0 aliphatic heterocycles. The monoisotopic (exact) mass is 170 g/mol. The first-order valence-electron chi connectivity index (χ1n) is 3.94. The maximum atomic E-state index is 5.83. The molecule has 2 rings (SSSR count). The number of rotatable bonds is 2. The molecule has 1 fully saturated rings. The molecule has 1 aromatic heterocycles. The van der Waals surface area contributed by atoms with E-state index in [1.807, 2.05) is 13.1 Å². The fourth-order valence-corrected chi connectivity index (χ4v) is 1.38. The molecule has 0 spiro atoms. The van der Waals surface area contributed by atoms with Gasteiger partial charge in [0.25, 0.3) is 0 Å². The Labute approximate surface area is 71.2 Å². The normalized spacial score (nSPS) is 17.3. The molecule has 0 N–H and O–H groups in total. The molecule has 0 aromatic carbocycles. The van der Waals surface area contributed by atoms with Crippen LogP contribution in [-0.2, 0) is 13.5 Å². The summed E-state index contributed by atoms with van der Waals surface area (Å²) < 4.78 is 1.72. The molecule has 0 radical (unpaired) electrons. The van der Waals surface area contributed by atoms with Gasteiger partial charge in [-0.05, 0) is 31.2 Å². The Kier molecular flexibility index (Phi) is 1.64. The summed E-state index contributed by atoms with van der Waals surface area (Å²) >= 11 is 5.83. The van der Waals surface area contributed by atoms with Crippen LogP contribution in [0.5, 0.6) is 0 Å². The zero-order valence-corrected chi connectivity index (χ0v) is 7.30. The third-order valence-electron chi connectivity index (χ3n) is 2.07. The average molecular weight is 171 g/mol. The Morgan fingerprint density at radius 1 is 1.73 bits per heavy atom. The summed E-state index contributed by atoms with van der Waals surface area (Å²) in [6, 6.07) is 1.96. The minimum absolute atomic E-state index is 0.737. The van der Waals surface area contributed by atoms with E-state index in [1.54, 1.807) is 4.68 Å². The van der Waals surface area contributed by atoms with Crippen molar-refractivity contribution in [1.82, 2.24) is 9.78 Å². The number of aryl methyl sites for hydroxylation is 1. The van der Waals surface area contributed by atoms with Crippen molar-refractivity contribution >= 4 is 11.6 Å². The maximum Gasteiger partial charge on any atom is 0.126 e. The van der Waals surface area contributed by atoms with E-state index in [4.69, 9.17) is 11.6 Å². The van der Waals surface area contributed by atoms with E-state index < -0.39 is 0 Å². The molecule has 1 aliphatic rings. The second-order valence-electron chi connectivity index (χ2n) is 3.23. The molecule has 0 bridgehead atoms. The van der Waals surface area contributed by atoms with Crippen molar-refractivity contribution in [3.05, 3.63) is 16.9 Å². The Morgan fingerprint density at radius 2 is 2.45 bits per heavy atom. The van der Waals surface area contributed by atoms with Crippen molar-refractivity contribution in [3.63, 3.8) is 0 Å². The number of halogens is 1. The van der Waals surface area contributed by atoms with Gasteiger partial charge in [0.1, 0.15) is 5.15 Å². The van der Waals surface area contributed by atoms with Crippen LogP contribution in [-0.4, -0.2) is 9.78 Å². The zero-order chi connectivity index (χ0) is 7.84. The Morgan fingerprint density at radius 3 is 2.91 bits per heavy atom. The molecular weight excluding hydrogens is 160 g/mol. The average Bonchev–Trinajstić information content (AvgIpc) is 2.65. The lowest BCUT2D eigenvalue weighted by Gasteiger charge is -1.89. The van der Waals surface area contributed by atoms with E-state index in [1.165, 1.54) is 12.8 Å². The van der Waals surface area contributed by atoms with Crippen molar-refractivity contribution in [2.75, 3.05) is 0 Å². The quantitative estimate of drug-likeness (QED) is 0.664. The SMILES string of the molecule is Cn1nc(CC2CC2)cc1Cl. The van der Waals surface area contributed by atoms with Gasteiger partial charge in [0, 0.05) is 7.05 Å². The number of hydrogen-bond donors (Lipinski definition) is 0. The summed E-state index contributed by atoms with van der Waals surface area (Å²) in [6.07, 6.45) is 3.85. The Bertz CT molecular complexity index is 244. The van der Waals surface area contributed by atoms with Crippen LogP contribution in [0.4, 0.5) is 0 Å². The van der Waals surface area contributed by atoms with Crippen molar-refractivity contribution < 1.29 is 0 Å². The molecule has 1 saturated carbocycles. The van der Waals surface area contributed by atoms with Gasteiger partial charge in [-0.15, -0.1) is 0 Å². The van der Waals surface area contributed by atoms with Gasteiger partial charge in [-0.1, -0.05) is 11.6 Å². The highest BCUT2D eigenvalue weighted by molar-refractivity contribution is 6.29. The third-order valence-corrected chi connectivity index (χ3v) is 2.42. The topological polar surface area (TPSA) is 17.8 Å². The molecule has 60 valence electrons. The lowest BCUT2D eigenvalue weighted by molar-refractivity contribution is 0.717. The summed E-state index contributed by atoms with van der Waals surface area (Å²) in [4.78, 5) is 0. The first kappa shape index (κ1) is 7.17. The standard InChI is InChI=1S/C8H11ClN2/c1-11-8(9)5-7(10-11)4-6-2-3-6/h5-6H,2-4H2,1H3. The van der Waals surface area contributed by atoms with E-state index in [0.717, 1.165) is 23.2 Å². The third kappa shape index (κ3) is 1.56. The van der Waals surface area contributed by atoms with Crippen LogP contribution in [0, 0.1) is 5.92 Å². The molecule has 1 aromatic rings. The number of hydrogen-bond acceptors (Lipinski definition) is 1. The smallest absolute Gasteiger partial charge is 0.126 e. The summed E-state index contributed by atoms with van der Waals surface area (Å²) in [7, 11) is 1.87.